The van der Waals surface area contributed by atoms with E-state index in [-0.39, 0.29) is 0 Å². The lowest BCUT2D eigenvalue weighted by molar-refractivity contribution is 0.791. The number of pyridine rings is 1. The van der Waals surface area contributed by atoms with Crippen molar-refractivity contribution >= 4 is 0 Å². The maximum absolute atomic E-state index is 5.49. The highest BCUT2D eigenvalue weighted by Crippen LogP contribution is 2.04. The van der Waals surface area contributed by atoms with E-state index in [1.54, 1.807) is 6.33 Å². The molecule has 15 heavy (non-hydrogen) atoms. The highest BCUT2D eigenvalue weighted by atomic mass is 15.0. The van der Waals surface area contributed by atoms with Gasteiger partial charge in [0, 0.05) is 25.1 Å². The number of hydrogen-bond acceptors (Lipinski definition) is 3. The monoisotopic (exact) mass is 202 g/mol. The molecule has 78 valence electrons. The molecule has 4 heteroatoms. The number of nitrogens with zero attached hydrogens (tertiary/aromatic N) is 3. The van der Waals surface area contributed by atoms with Crippen LogP contribution in [0.4, 0.5) is 0 Å². The Hall–Kier alpha value is -1.68. The van der Waals surface area contributed by atoms with Crippen molar-refractivity contribution in [2.24, 2.45) is 5.73 Å². The van der Waals surface area contributed by atoms with E-state index in [0.717, 1.165) is 12.2 Å². The second-order valence-electron chi connectivity index (χ2n) is 3.61. The predicted octanol–water partition coefficient (Wildman–Crippen LogP) is 1.09. The first kappa shape index (κ1) is 9.86. The first-order chi connectivity index (χ1) is 7.28. The Labute approximate surface area is 88.8 Å². The fraction of sp³-hybridized carbons (Fsp3) is 0.273. The first-order valence-corrected chi connectivity index (χ1v) is 4.89. The summed E-state index contributed by atoms with van der Waals surface area (Å²) in [5.74, 6) is 0. The number of nitrogens with two attached hydrogens (primary N) is 1. The van der Waals surface area contributed by atoms with E-state index in [9.17, 15) is 0 Å². The van der Waals surface area contributed by atoms with Crippen molar-refractivity contribution in [2.45, 2.75) is 20.0 Å². The van der Waals surface area contributed by atoms with Gasteiger partial charge in [-0.2, -0.15) is 0 Å². The van der Waals surface area contributed by atoms with Crippen LogP contribution in [0.5, 0.6) is 0 Å². The van der Waals surface area contributed by atoms with E-state index in [1.807, 2.05) is 30.1 Å². The van der Waals surface area contributed by atoms with Crippen LogP contribution in [0, 0.1) is 6.92 Å². The third-order valence-corrected chi connectivity index (χ3v) is 2.19. The maximum atomic E-state index is 5.49. The minimum Gasteiger partial charge on any atom is -0.333 e. The lowest BCUT2D eigenvalue weighted by Crippen LogP contribution is -1.98. The quantitative estimate of drug-likeness (QED) is 0.810. The Kier molecular flexibility index (Phi) is 2.78. The summed E-state index contributed by atoms with van der Waals surface area (Å²) in [5, 5.41) is 0. The molecule has 0 saturated heterocycles. The number of hydrogen-bond donors (Lipinski definition) is 1. The van der Waals surface area contributed by atoms with E-state index in [2.05, 4.69) is 16.0 Å². The van der Waals surface area contributed by atoms with Gasteiger partial charge in [-0.25, -0.2) is 4.98 Å². The predicted molar refractivity (Wildman–Crippen MR) is 58.2 cm³/mol. The van der Waals surface area contributed by atoms with Gasteiger partial charge in [-0.05, 0) is 18.1 Å². The summed E-state index contributed by atoms with van der Waals surface area (Å²) < 4.78 is 2.01. The molecule has 0 bridgehead atoms. The summed E-state index contributed by atoms with van der Waals surface area (Å²) in [6, 6.07) is 2.12. The summed E-state index contributed by atoms with van der Waals surface area (Å²) in [4.78, 5) is 8.32. The van der Waals surface area contributed by atoms with Crippen LogP contribution in [0.25, 0.3) is 0 Å². The molecule has 0 aliphatic carbocycles. The molecule has 2 aromatic rings. The van der Waals surface area contributed by atoms with E-state index < -0.39 is 0 Å². The van der Waals surface area contributed by atoms with Gasteiger partial charge in [-0.15, -0.1) is 0 Å². The number of aryl methyl sites for hydroxylation is 1. The van der Waals surface area contributed by atoms with E-state index in [1.165, 1.54) is 11.1 Å². The Morgan fingerprint density at radius 2 is 2.27 bits per heavy atom. The van der Waals surface area contributed by atoms with Gasteiger partial charge < -0.3 is 10.3 Å². The average Bonchev–Trinajstić information content (AvgIpc) is 2.65. The zero-order valence-electron chi connectivity index (χ0n) is 8.72. The van der Waals surface area contributed by atoms with Crippen LogP contribution in [-0.2, 0) is 13.1 Å². The zero-order valence-corrected chi connectivity index (χ0v) is 8.72. The molecule has 0 aromatic carbocycles. The molecule has 2 heterocycles. The summed E-state index contributed by atoms with van der Waals surface area (Å²) in [6.45, 7) is 3.32. The van der Waals surface area contributed by atoms with Gasteiger partial charge >= 0.3 is 0 Å². The summed E-state index contributed by atoms with van der Waals surface area (Å²) in [7, 11) is 0. The third-order valence-electron chi connectivity index (χ3n) is 2.19. The number of rotatable bonds is 3. The van der Waals surface area contributed by atoms with E-state index in [4.69, 9.17) is 5.73 Å². The molecule has 0 aliphatic heterocycles. The summed E-state index contributed by atoms with van der Waals surface area (Å²) in [5.41, 5.74) is 8.75. The van der Waals surface area contributed by atoms with Gasteiger partial charge in [0.15, 0.2) is 0 Å². The Bertz CT molecular complexity index is 447. The maximum Gasteiger partial charge on any atom is 0.0953 e. The second kappa shape index (κ2) is 4.23. The molecule has 0 atom stereocenters. The highest BCUT2D eigenvalue weighted by molar-refractivity contribution is 5.17. The van der Waals surface area contributed by atoms with Gasteiger partial charge in [0.25, 0.3) is 0 Å². The van der Waals surface area contributed by atoms with Crippen molar-refractivity contribution in [1.82, 2.24) is 14.5 Å². The fourth-order valence-electron chi connectivity index (χ4n) is 1.51. The lowest BCUT2D eigenvalue weighted by Gasteiger charge is -2.02. The molecule has 2 N–H and O–H groups in total. The Morgan fingerprint density at radius 1 is 1.40 bits per heavy atom. The van der Waals surface area contributed by atoms with Crippen LogP contribution in [-0.4, -0.2) is 14.5 Å². The highest BCUT2D eigenvalue weighted by Gasteiger charge is 1.98. The van der Waals surface area contributed by atoms with Crippen LogP contribution in [0.3, 0.4) is 0 Å². The minimum atomic E-state index is 0.485. The summed E-state index contributed by atoms with van der Waals surface area (Å²) in [6.07, 6.45) is 7.48. The molecule has 0 amide bonds. The molecule has 0 radical (unpaired) electrons. The molecule has 2 aromatic heterocycles. The molecular formula is C11H14N4. The lowest BCUT2D eigenvalue weighted by atomic mass is 10.2. The Balaban J connectivity index is 2.14. The van der Waals surface area contributed by atoms with E-state index >= 15 is 0 Å². The molecule has 0 fully saturated rings. The van der Waals surface area contributed by atoms with Gasteiger partial charge in [0.05, 0.1) is 18.6 Å². The SMILES string of the molecule is Cc1cncc(Cn2cnc(CN)c2)c1. The Morgan fingerprint density at radius 3 is 2.93 bits per heavy atom. The average molecular weight is 202 g/mol. The molecule has 0 unspecified atom stereocenters. The zero-order chi connectivity index (χ0) is 10.7. The van der Waals surface area contributed by atoms with Crippen molar-refractivity contribution in [1.29, 1.82) is 0 Å². The fourth-order valence-corrected chi connectivity index (χ4v) is 1.51. The first-order valence-electron chi connectivity index (χ1n) is 4.89. The van der Waals surface area contributed by atoms with Gasteiger partial charge in [-0.3, -0.25) is 4.98 Å². The summed E-state index contributed by atoms with van der Waals surface area (Å²) >= 11 is 0. The molecule has 0 aliphatic rings. The van der Waals surface area contributed by atoms with Crippen LogP contribution in [0.15, 0.2) is 31.0 Å². The molecule has 0 saturated carbocycles. The van der Waals surface area contributed by atoms with Crippen LogP contribution < -0.4 is 5.73 Å². The van der Waals surface area contributed by atoms with Crippen LogP contribution in [0.2, 0.25) is 0 Å². The van der Waals surface area contributed by atoms with Crippen molar-refractivity contribution in [3.8, 4) is 0 Å². The number of imidazole rings is 1. The van der Waals surface area contributed by atoms with Crippen molar-refractivity contribution < 1.29 is 0 Å². The van der Waals surface area contributed by atoms with E-state index in [0.29, 0.717) is 6.54 Å². The standard InChI is InChI=1S/C11H14N4/c1-9-2-10(5-13-4-9)6-15-7-11(3-12)14-8-15/h2,4-5,7-8H,3,6,12H2,1H3. The van der Waals surface area contributed by atoms with Crippen LogP contribution in [0.1, 0.15) is 16.8 Å². The smallest absolute Gasteiger partial charge is 0.0953 e. The van der Waals surface area contributed by atoms with Crippen LogP contribution >= 0.6 is 0 Å². The minimum absolute atomic E-state index is 0.485. The molecule has 0 spiro atoms. The van der Waals surface area contributed by atoms with Crippen molar-refractivity contribution in [3.63, 3.8) is 0 Å². The van der Waals surface area contributed by atoms with Crippen molar-refractivity contribution in [2.75, 3.05) is 0 Å². The van der Waals surface area contributed by atoms with Gasteiger partial charge in [0.2, 0.25) is 0 Å². The van der Waals surface area contributed by atoms with Gasteiger partial charge in [0.1, 0.15) is 0 Å². The number of aromatic nitrogens is 3. The second-order valence-corrected chi connectivity index (χ2v) is 3.61. The third kappa shape index (κ3) is 2.41. The van der Waals surface area contributed by atoms with Crippen molar-refractivity contribution in [3.05, 3.63) is 47.8 Å². The molecular weight excluding hydrogens is 188 g/mol. The largest absolute Gasteiger partial charge is 0.333 e. The topological polar surface area (TPSA) is 56.7 Å². The molecule has 2 rings (SSSR count). The van der Waals surface area contributed by atoms with Gasteiger partial charge in [-0.1, -0.05) is 6.07 Å². The normalized spacial score (nSPS) is 10.5. The molecule has 4 nitrogen and oxygen atoms in total.